The van der Waals surface area contributed by atoms with E-state index >= 15 is 0 Å². The van der Waals surface area contributed by atoms with Crippen molar-refractivity contribution in [3.8, 4) is 34.4 Å². The van der Waals surface area contributed by atoms with Crippen LogP contribution in [0.1, 0.15) is 28.9 Å². The molecule has 1 aliphatic carbocycles. The fraction of sp³-hybridized carbons (Fsp3) is 0.269. The Labute approximate surface area is 206 Å². The number of carbonyl (C=O) groups is 1. The highest BCUT2D eigenvalue weighted by Gasteiger charge is 2.27. The molecule has 2 unspecified atom stereocenters. The van der Waals surface area contributed by atoms with Crippen molar-refractivity contribution >= 4 is 5.91 Å². The highest BCUT2D eigenvalue weighted by Crippen LogP contribution is 2.37. The fourth-order valence-electron chi connectivity index (χ4n) is 4.52. The second-order valence-electron chi connectivity index (χ2n) is 8.83. The Morgan fingerprint density at radius 2 is 1.94 bits per heavy atom. The summed E-state index contributed by atoms with van der Waals surface area (Å²) in [4.78, 5) is 27.4. The predicted octanol–water partition coefficient (Wildman–Crippen LogP) is 3.00. The number of ether oxygens (including phenoxy) is 2. The Balaban J connectivity index is 1.49. The summed E-state index contributed by atoms with van der Waals surface area (Å²) in [6.45, 7) is 3.04. The normalized spacial score (nSPS) is 18.3. The molecule has 36 heavy (non-hydrogen) atoms. The van der Waals surface area contributed by atoms with Gasteiger partial charge in [0.15, 0.2) is 17.3 Å². The van der Waals surface area contributed by atoms with Gasteiger partial charge in [0.05, 0.1) is 17.2 Å². The van der Waals surface area contributed by atoms with Gasteiger partial charge in [-0.15, -0.1) is 0 Å². The van der Waals surface area contributed by atoms with Gasteiger partial charge in [-0.1, -0.05) is 43.4 Å². The molecule has 5 rings (SSSR count). The zero-order valence-corrected chi connectivity index (χ0v) is 19.8. The lowest BCUT2D eigenvalue weighted by Crippen LogP contribution is -2.28. The van der Waals surface area contributed by atoms with Gasteiger partial charge < -0.3 is 24.6 Å². The number of hydrogen-bond donors (Lipinski definition) is 3. The zero-order valence-electron chi connectivity index (χ0n) is 19.8. The smallest absolute Gasteiger partial charge is 0.344 e. The molecule has 3 N–H and O–H groups in total. The van der Waals surface area contributed by atoms with Crippen LogP contribution in [0.15, 0.2) is 59.4 Å². The number of phenols is 2. The summed E-state index contributed by atoms with van der Waals surface area (Å²) in [5.74, 6) is 0.183. The maximum Gasteiger partial charge on any atom is 0.344 e. The minimum absolute atomic E-state index is 0.00135. The van der Waals surface area contributed by atoms with Gasteiger partial charge in [0, 0.05) is 25.2 Å². The third-order valence-electron chi connectivity index (χ3n) is 6.36. The Morgan fingerprint density at radius 3 is 2.75 bits per heavy atom. The minimum Gasteiger partial charge on any atom is -0.507 e. The number of nitrogens with one attached hydrogen (secondary N) is 1. The maximum absolute atomic E-state index is 13.4. The first-order valence-electron chi connectivity index (χ1n) is 11.6. The SMILES string of the molecule is CC1C=CC=CC1n1c(-c2cc(C(=O)N(C)Cc3cccc4c3OCCO4)c(O)cc2O)n[nH]c1=O. The molecule has 1 aliphatic heterocycles. The summed E-state index contributed by atoms with van der Waals surface area (Å²) >= 11 is 0. The predicted molar refractivity (Wildman–Crippen MR) is 131 cm³/mol. The van der Waals surface area contributed by atoms with E-state index in [0.717, 1.165) is 11.6 Å². The van der Waals surface area contributed by atoms with Gasteiger partial charge in [-0.05, 0) is 18.1 Å². The molecule has 2 aliphatic rings. The number of fused-ring (bicyclic) bond motifs is 1. The minimum atomic E-state index is -0.485. The molecular weight excluding hydrogens is 464 g/mol. The highest BCUT2D eigenvalue weighted by atomic mass is 16.6. The van der Waals surface area contributed by atoms with E-state index in [1.54, 1.807) is 13.1 Å². The molecule has 1 amide bonds. The lowest BCUT2D eigenvalue weighted by atomic mass is 9.96. The molecule has 0 fully saturated rings. The van der Waals surface area contributed by atoms with Gasteiger partial charge in [-0.25, -0.2) is 9.89 Å². The van der Waals surface area contributed by atoms with E-state index in [0.29, 0.717) is 24.7 Å². The molecule has 2 heterocycles. The van der Waals surface area contributed by atoms with Crippen LogP contribution in [0.4, 0.5) is 0 Å². The van der Waals surface area contributed by atoms with Gasteiger partial charge in [0.2, 0.25) is 0 Å². The number of carbonyl (C=O) groups excluding carboxylic acids is 1. The number of allylic oxidation sites excluding steroid dienone is 4. The number of rotatable bonds is 5. The van der Waals surface area contributed by atoms with Crippen molar-refractivity contribution in [2.24, 2.45) is 5.92 Å². The van der Waals surface area contributed by atoms with Crippen LogP contribution in [0.25, 0.3) is 11.4 Å². The molecule has 0 bridgehead atoms. The van der Waals surface area contributed by atoms with E-state index in [-0.39, 0.29) is 47.0 Å². The standard InChI is InChI=1S/C26H26N4O6/c1-15-6-3-4-8-19(15)30-24(27-28-26(30)34)17-12-18(21(32)13-20(17)31)25(33)29(2)14-16-7-5-9-22-23(16)36-11-10-35-22/h3-9,12-13,15,19,31-32H,10-11,14H2,1-2H3,(H,28,34). The lowest BCUT2D eigenvalue weighted by molar-refractivity contribution is 0.0779. The zero-order chi connectivity index (χ0) is 25.4. The number of aromatic nitrogens is 3. The van der Waals surface area contributed by atoms with E-state index in [9.17, 15) is 19.8 Å². The van der Waals surface area contributed by atoms with Crippen LogP contribution in [0, 0.1) is 5.92 Å². The molecule has 2 aromatic carbocycles. The topological polar surface area (TPSA) is 130 Å². The molecule has 0 radical (unpaired) electrons. The monoisotopic (exact) mass is 490 g/mol. The first-order valence-corrected chi connectivity index (χ1v) is 11.6. The first-order chi connectivity index (χ1) is 17.3. The Hall–Kier alpha value is -4.47. The molecule has 0 saturated carbocycles. The molecule has 1 aromatic heterocycles. The molecule has 0 spiro atoms. The van der Waals surface area contributed by atoms with Crippen molar-refractivity contribution in [1.82, 2.24) is 19.7 Å². The average molecular weight is 491 g/mol. The number of hydrogen-bond acceptors (Lipinski definition) is 7. The summed E-state index contributed by atoms with van der Waals surface area (Å²) in [6, 6.07) is 7.57. The maximum atomic E-state index is 13.4. The molecule has 10 heteroatoms. The van der Waals surface area contributed by atoms with E-state index in [1.165, 1.54) is 15.5 Å². The van der Waals surface area contributed by atoms with Crippen LogP contribution < -0.4 is 15.2 Å². The van der Waals surface area contributed by atoms with Gasteiger partial charge in [-0.2, -0.15) is 5.10 Å². The lowest BCUT2D eigenvalue weighted by Gasteiger charge is -2.24. The molecule has 2 atom stereocenters. The number of nitrogens with zero attached hydrogens (tertiary/aromatic N) is 3. The van der Waals surface area contributed by atoms with Gasteiger partial charge in [-0.3, -0.25) is 9.36 Å². The number of aromatic amines is 1. The van der Waals surface area contributed by atoms with Crippen LogP contribution in [-0.4, -0.2) is 56.0 Å². The van der Waals surface area contributed by atoms with Crippen LogP contribution >= 0.6 is 0 Å². The number of benzene rings is 2. The number of phenolic OH excluding ortho intramolecular Hbond substituents is 2. The first kappa shape index (κ1) is 23.3. The second-order valence-corrected chi connectivity index (χ2v) is 8.83. The van der Waals surface area contributed by atoms with Crippen LogP contribution in [0.5, 0.6) is 23.0 Å². The summed E-state index contributed by atoms with van der Waals surface area (Å²) in [6.07, 6.45) is 7.57. The highest BCUT2D eigenvalue weighted by molar-refractivity contribution is 5.98. The second kappa shape index (κ2) is 9.29. The summed E-state index contributed by atoms with van der Waals surface area (Å²) in [5.41, 5.74) is 0.414. The van der Waals surface area contributed by atoms with Crippen LogP contribution in [0.3, 0.4) is 0 Å². The fourth-order valence-corrected chi connectivity index (χ4v) is 4.52. The molecular formula is C26H26N4O6. The van der Waals surface area contributed by atoms with Crippen molar-refractivity contribution in [2.45, 2.75) is 19.5 Å². The molecule has 10 nitrogen and oxygen atoms in total. The van der Waals surface area contributed by atoms with Crippen LogP contribution in [0.2, 0.25) is 0 Å². The van der Waals surface area contributed by atoms with E-state index in [1.807, 2.05) is 43.4 Å². The van der Waals surface area contributed by atoms with Crippen molar-refractivity contribution in [3.63, 3.8) is 0 Å². The van der Waals surface area contributed by atoms with E-state index in [4.69, 9.17) is 9.47 Å². The van der Waals surface area contributed by atoms with Crippen molar-refractivity contribution in [2.75, 3.05) is 20.3 Å². The number of aromatic hydroxyl groups is 2. The van der Waals surface area contributed by atoms with Crippen molar-refractivity contribution in [3.05, 3.63) is 76.2 Å². The average Bonchev–Trinajstić information content (AvgIpc) is 3.25. The third-order valence-corrected chi connectivity index (χ3v) is 6.36. The van der Waals surface area contributed by atoms with Gasteiger partial charge in [0.1, 0.15) is 24.7 Å². The Kier molecular flexibility index (Phi) is 6.01. The van der Waals surface area contributed by atoms with Crippen LogP contribution in [-0.2, 0) is 6.54 Å². The van der Waals surface area contributed by atoms with Crippen molar-refractivity contribution < 1.29 is 24.5 Å². The van der Waals surface area contributed by atoms with Gasteiger partial charge in [0.25, 0.3) is 5.91 Å². The summed E-state index contributed by atoms with van der Waals surface area (Å²) in [5, 5.41) is 27.7. The Morgan fingerprint density at radius 1 is 1.17 bits per heavy atom. The largest absolute Gasteiger partial charge is 0.507 e. The number of para-hydroxylation sites is 1. The molecule has 0 saturated heterocycles. The van der Waals surface area contributed by atoms with E-state index < -0.39 is 11.6 Å². The number of H-pyrrole nitrogens is 1. The van der Waals surface area contributed by atoms with Gasteiger partial charge >= 0.3 is 5.69 Å². The Bertz CT molecular complexity index is 1440. The van der Waals surface area contributed by atoms with Crippen molar-refractivity contribution in [1.29, 1.82) is 0 Å². The molecule has 186 valence electrons. The number of amides is 1. The quantitative estimate of drug-likeness (QED) is 0.501. The summed E-state index contributed by atoms with van der Waals surface area (Å²) < 4.78 is 12.8. The molecule has 3 aromatic rings. The third kappa shape index (κ3) is 4.10. The summed E-state index contributed by atoms with van der Waals surface area (Å²) in [7, 11) is 1.60. The van der Waals surface area contributed by atoms with E-state index in [2.05, 4.69) is 10.2 Å².